The van der Waals surface area contributed by atoms with Gasteiger partial charge in [-0.3, -0.25) is 4.79 Å². The van der Waals surface area contributed by atoms with Crippen molar-refractivity contribution in [2.45, 2.75) is 52.1 Å². The van der Waals surface area contributed by atoms with E-state index in [0.717, 1.165) is 17.5 Å². The smallest absolute Gasteiger partial charge is 0.283 e. The molecule has 0 spiro atoms. The normalized spacial score (nSPS) is 18.9. The number of nitrogens with one attached hydrogen (secondary N) is 1. The molecule has 20 heavy (non-hydrogen) atoms. The molecule has 0 bridgehead atoms. The third-order valence-electron chi connectivity index (χ3n) is 4.10. The maximum atomic E-state index is 12.3. The van der Waals surface area contributed by atoms with Crippen LogP contribution < -0.4 is 10.9 Å². The molecule has 0 radical (unpaired) electrons. The van der Waals surface area contributed by atoms with Crippen LogP contribution in [-0.2, 0) is 6.54 Å². The molecule has 0 aromatic carbocycles. The molecule has 5 heteroatoms. The monoisotopic (exact) mass is 339 g/mol. The zero-order valence-corrected chi connectivity index (χ0v) is 13.7. The highest BCUT2D eigenvalue weighted by molar-refractivity contribution is 9.10. The van der Waals surface area contributed by atoms with Crippen molar-refractivity contribution in [1.82, 2.24) is 9.78 Å². The second kappa shape index (κ2) is 5.51. The molecule has 0 atom stereocenters. The molecule has 1 heterocycles. The van der Waals surface area contributed by atoms with E-state index in [2.05, 4.69) is 40.2 Å². The Labute approximate surface area is 128 Å². The van der Waals surface area contributed by atoms with Crippen LogP contribution in [0.25, 0.3) is 0 Å². The molecular formula is C15H22BrN3O. The number of aromatic nitrogens is 2. The zero-order valence-electron chi connectivity index (χ0n) is 12.1. The molecule has 2 saturated carbocycles. The van der Waals surface area contributed by atoms with Gasteiger partial charge in [0, 0.05) is 12.6 Å². The molecule has 2 aliphatic rings. The maximum absolute atomic E-state index is 12.3. The number of hydrogen-bond donors (Lipinski definition) is 1. The number of nitrogens with zero attached hydrogens (tertiary/aromatic N) is 2. The van der Waals surface area contributed by atoms with Crippen molar-refractivity contribution in [3.05, 3.63) is 21.0 Å². The van der Waals surface area contributed by atoms with Crippen LogP contribution in [0.1, 0.15) is 39.5 Å². The van der Waals surface area contributed by atoms with Crippen molar-refractivity contribution in [3.8, 4) is 0 Å². The Bertz CT molecular complexity index is 535. The molecule has 4 nitrogen and oxygen atoms in total. The average molecular weight is 340 g/mol. The van der Waals surface area contributed by atoms with Crippen LogP contribution >= 0.6 is 15.9 Å². The molecule has 2 aliphatic carbocycles. The largest absolute Gasteiger partial charge is 0.379 e. The van der Waals surface area contributed by atoms with E-state index in [4.69, 9.17) is 0 Å². The van der Waals surface area contributed by atoms with E-state index in [0.29, 0.717) is 23.0 Å². The molecule has 0 amide bonds. The maximum Gasteiger partial charge on any atom is 0.283 e. The SMILES string of the molecule is CC(C)Cn1ncc(NC(C2CC2)C2CC2)c(Br)c1=O. The minimum absolute atomic E-state index is 0.0333. The summed E-state index contributed by atoms with van der Waals surface area (Å²) in [5.74, 6) is 2.01. The molecule has 0 aliphatic heterocycles. The van der Waals surface area contributed by atoms with Crippen molar-refractivity contribution < 1.29 is 0 Å². The van der Waals surface area contributed by atoms with Gasteiger partial charge in [-0.15, -0.1) is 0 Å². The Morgan fingerprint density at radius 2 is 1.95 bits per heavy atom. The molecular weight excluding hydrogens is 318 g/mol. The first-order chi connectivity index (χ1) is 9.56. The summed E-state index contributed by atoms with van der Waals surface area (Å²) in [4.78, 5) is 12.3. The second-order valence-electron chi connectivity index (χ2n) is 6.60. The van der Waals surface area contributed by atoms with Crippen LogP contribution in [-0.4, -0.2) is 15.8 Å². The highest BCUT2D eigenvalue weighted by atomic mass is 79.9. The summed E-state index contributed by atoms with van der Waals surface area (Å²) < 4.78 is 2.17. The van der Waals surface area contributed by atoms with Crippen molar-refractivity contribution in [2.75, 3.05) is 5.32 Å². The lowest BCUT2D eigenvalue weighted by molar-refractivity contribution is 0.462. The summed E-state index contributed by atoms with van der Waals surface area (Å²) in [5, 5.41) is 7.87. The van der Waals surface area contributed by atoms with Gasteiger partial charge in [-0.05, 0) is 59.4 Å². The van der Waals surface area contributed by atoms with Gasteiger partial charge in [-0.2, -0.15) is 5.10 Å². The first-order valence-electron chi connectivity index (χ1n) is 7.58. The summed E-state index contributed by atoms with van der Waals surface area (Å²) in [7, 11) is 0. The molecule has 0 saturated heterocycles. The van der Waals surface area contributed by atoms with E-state index < -0.39 is 0 Å². The van der Waals surface area contributed by atoms with E-state index in [1.165, 1.54) is 25.7 Å². The zero-order chi connectivity index (χ0) is 14.3. The number of hydrogen-bond acceptors (Lipinski definition) is 3. The van der Waals surface area contributed by atoms with Gasteiger partial charge >= 0.3 is 0 Å². The predicted molar refractivity (Wildman–Crippen MR) is 83.9 cm³/mol. The molecule has 1 aromatic heterocycles. The van der Waals surface area contributed by atoms with Crippen LogP contribution in [0.15, 0.2) is 15.5 Å². The molecule has 0 unspecified atom stereocenters. The molecule has 110 valence electrons. The van der Waals surface area contributed by atoms with Crippen LogP contribution in [0.4, 0.5) is 5.69 Å². The topological polar surface area (TPSA) is 46.9 Å². The van der Waals surface area contributed by atoms with Gasteiger partial charge < -0.3 is 5.32 Å². The quantitative estimate of drug-likeness (QED) is 0.865. The Kier molecular flexibility index (Phi) is 3.89. The summed E-state index contributed by atoms with van der Waals surface area (Å²) in [5.41, 5.74) is 0.827. The fraction of sp³-hybridized carbons (Fsp3) is 0.733. The lowest BCUT2D eigenvalue weighted by atomic mass is 10.1. The fourth-order valence-corrected chi connectivity index (χ4v) is 3.17. The molecule has 2 fully saturated rings. The van der Waals surface area contributed by atoms with Crippen molar-refractivity contribution >= 4 is 21.6 Å². The van der Waals surface area contributed by atoms with Gasteiger partial charge in [0.1, 0.15) is 4.47 Å². The Hall–Kier alpha value is -0.840. The van der Waals surface area contributed by atoms with E-state index >= 15 is 0 Å². The highest BCUT2D eigenvalue weighted by Gasteiger charge is 2.41. The lowest BCUT2D eigenvalue weighted by Gasteiger charge is -2.20. The number of halogens is 1. The summed E-state index contributed by atoms with van der Waals surface area (Å²) in [6.45, 7) is 4.83. The fourth-order valence-electron chi connectivity index (χ4n) is 2.75. The third kappa shape index (κ3) is 3.08. The number of rotatable bonds is 6. The first-order valence-corrected chi connectivity index (χ1v) is 8.37. The Morgan fingerprint density at radius 3 is 2.45 bits per heavy atom. The molecule has 3 rings (SSSR count). The van der Waals surface area contributed by atoms with E-state index in [1.54, 1.807) is 10.9 Å². The van der Waals surface area contributed by atoms with Crippen molar-refractivity contribution in [1.29, 1.82) is 0 Å². The minimum Gasteiger partial charge on any atom is -0.379 e. The second-order valence-corrected chi connectivity index (χ2v) is 7.39. The van der Waals surface area contributed by atoms with Crippen molar-refractivity contribution in [2.24, 2.45) is 17.8 Å². The van der Waals surface area contributed by atoms with Gasteiger partial charge in [0.25, 0.3) is 5.56 Å². The van der Waals surface area contributed by atoms with Gasteiger partial charge in [0.05, 0.1) is 11.9 Å². The average Bonchev–Trinajstić information content (AvgIpc) is 3.26. The van der Waals surface area contributed by atoms with Gasteiger partial charge in [0.15, 0.2) is 0 Å². The lowest BCUT2D eigenvalue weighted by Crippen LogP contribution is -2.29. The standard InChI is InChI=1S/C15H22BrN3O/c1-9(2)8-19-15(20)13(16)12(7-17-19)18-14(10-3-4-10)11-5-6-11/h7,9-11,14,18H,3-6,8H2,1-2H3. The van der Waals surface area contributed by atoms with Crippen LogP contribution in [0, 0.1) is 17.8 Å². The highest BCUT2D eigenvalue weighted by Crippen LogP contribution is 2.46. The van der Waals surface area contributed by atoms with E-state index in [9.17, 15) is 4.79 Å². The van der Waals surface area contributed by atoms with Crippen LogP contribution in [0.5, 0.6) is 0 Å². The first kappa shape index (κ1) is 14.1. The Morgan fingerprint density at radius 1 is 1.35 bits per heavy atom. The summed E-state index contributed by atoms with van der Waals surface area (Å²) in [6, 6.07) is 0.536. The van der Waals surface area contributed by atoms with Gasteiger partial charge in [0.2, 0.25) is 0 Å². The van der Waals surface area contributed by atoms with Gasteiger partial charge in [-0.1, -0.05) is 13.8 Å². The Balaban J connectivity index is 1.79. The van der Waals surface area contributed by atoms with E-state index in [1.807, 2.05) is 0 Å². The number of anilines is 1. The summed E-state index contributed by atoms with van der Waals surface area (Å²) in [6.07, 6.45) is 7.09. The van der Waals surface area contributed by atoms with Gasteiger partial charge in [-0.25, -0.2) is 4.68 Å². The molecule has 1 aromatic rings. The van der Waals surface area contributed by atoms with Crippen LogP contribution in [0.2, 0.25) is 0 Å². The van der Waals surface area contributed by atoms with Crippen molar-refractivity contribution in [3.63, 3.8) is 0 Å². The minimum atomic E-state index is -0.0333. The van der Waals surface area contributed by atoms with E-state index in [-0.39, 0.29) is 5.56 Å². The predicted octanol–water partition coefficient (Wildman–Crippen LogP) is 3.26. The molecule has 1 N–H and O–H groups in total. The summed E-state index contributed by atoms with van der Waals surface area (Å²) >= 11 is 3.45. The van der Waals surface area contributed by atoms with Crippen LogP contribution in [0.3, 0.4) is 0 Å². The third-order valence-corrected chi connectivity index (χ3v) is 4.87.